The summed E-state index contributed by atoms with van der Waals surface area (Å²) in [7, 11) is 0. The Labute approximate surface area is 142 Å². The van der Waals surface area contributed by atoms with Crippen LogP contribution in [-0.2, 0) is 9.53 Å². The molecule has 2 N–H and O–H groups in total. The maximum absolute atomic E-state index is 12.0. The number of nitrogens with one attached hydrogen (secondary N) is 1. The van der Waals surface area contributed by atoms with Gasteiger partial charge in [0.1, 0.15) is 5.60 Å². The van der Waals surface area contributed by atoms with Crippen molar-refractivity contribution in [3.8, 4) is 11.5 Å². The SMILES string of the molecule is CC(C)(C)OC(=O)N[C@@H](CC(=O)O)c1cc2c(cc1Br)OCO2. The number of rotatable bonds is 4. The molecule has 0 saturated carbocycles. The Morgan fingerprint density at radius 2 is 1.96 bits per heavy atom. The molecule has 23 heavy (non-hydrogen) atoms. The van der Waals surface area contributed by atoms with Crippen molar-refractivity contribution in [2.45, 2.75) is 38.8 Å². The van der Waals surface area contributed by atoms with Crippen molar-refractivity contribution in [2.75, 3.05) is 6.79 Å². The Kier molecular flexibility index (Phi) is 5.03. The van der Waals surface area contributed by atoms with Crippen LogP contribution in [0.5, 0.6) is 11.5 Å². The van der Waals surface area contributed by atoms with Gasteiger partial charge < -0.3 is 24.6 Å². The topological polar surface area (TPSA) is 94.1 Å². The molecule has 1 heterocycles. The van der Waals surface area contributed by atoms with E-state index in [4.69, 9.17) is 19.3 Å². The molecule has 1 atom stereocenters. The van der Waals surface area contributed by atoms with Gasteiger partial charge in [0.15, 0.2) is 11.5 Å². The molecule has 0 fully saturated rings. The van der Waals surface area contributed by atoms with Gasteiger partial charge in [-0.05, 0) is 38.5 Å². The Morgan fingerprint density at radius 1 is 1.35 bits per heavy atom. The maximum Gasteiger partial charge on any atom is 0.408 e. The maximum atomic E-state index is 12.0. The number of carbonyl (C=O) groups is 2. The lowest BCUT2D eigenvalue weighted by molar-refractivity contribution is -0.137. The van der Waals surface area contributed by atoms with Gasteiger partial charge in [-0.25, -0.2) is 4.79 Å². The molecule has 1 aliphatic rings. The van der Waals surface area contributed by atoms with Crippen molar-refractivity contribution in [1.82, 2.24) is 5.32 Å². The molecule has 0 spiro atoms. The standard InChI is InChI=1S/C15H18BrNO6/c1-15(2,3)23-14(20)17-10(6-13(18)19)8-4-11-12(5-9(8)16)22-7-21-11/h4-5,10H,6-7H2,1-3H3,(H,17,20)(H,18,19)/t10-/m0/s1. The molecular formula is C15H18BrNO6. The highest BCUT2D eigenvalue weighted by atomic mass is 79.9. The zero-order chi connectivity index (χ0) is 17.2. The normalized spacial score (nSPS) is 14.3. The molecule has 0 unspecified atom stereocenters. The van der Waals surface area contributed by atoms with Gasteiger partial charge >= 0.3 is 12.1 Å². The van der Waals surface area contributed by atoms with Gasteiger partial charge in [-0.15, -0.1) is 0 Å². The summed E-state index contributed by atoms with van der Waals surface area (Å²) in [5.74, 6) is 0.0205. The summed E-state index contributed by atoms with van der Waals surface area (Å²) in [6, 6.07) is 2.56. The number of aliphatic carboxylic acids is 1. The van der Waals surface area contributed by atoms with E-state index in [2.05, 4.69) is 21.2 Å². The molecule has 1 aromatic carbocycles. The molecule has 0 aliphatic carbocycles. The average Bonchev–Trinajstić information content (AvgIpc) is 2.80. The number of halogens is 1. The molecule has 1 amide bonds. The number of carboxylic acids is 1. The number of fused-ring (bicyclic) bond motifs is 1. The Morgan fingerprint density at radius 3 is 2.52 bits per heavy atom. The van der Waals surface area contributed by atoms with E-state index in [1.807, 2.05) is 0 Å². The zero-order valence-electron chi connectivity index (χ0n) is 13.0. The summed E-state index contributed by atoms with van der Waals surface area (Å²) >= 11 is 3.37. The first-order chi connectivity index (χ1) is 10.7. The predicted molar refractivity (Wildman–Crippen MR) is 84.6 cm³/mol. The Bertz CT molecular complexity index is 625. The van der Waals surface area contributed by atoms with Crippen molar-refractivity contribution in [1.29, 1.82) is 0 Å². The van der Waals surface area contributed by atoms with Crippen molar-refractivity contribution >= 4 is 28.0 Å². The lowest BCUT2D eigenvalue weighted by Crippen LogP contribution is -2.36. The van der Waals surface area contributed by atoms with Gasteiger partial charge in [-0.2, -0.15) is 0 Å². The number of hydrogen-bond acceptors (Lipinski definition) is 5. The molecular weight excluding hydrogens is 370 g/mol. The van der Waals surface area contributed by atoms with Crippen molar-refractivity contribution in [2.24, 2.45) is 0 Å². The minimum absolute atomic E-state index is 0.105. The third-order valence-electron chi connectivity index (χ3n) is 2.94. The quantitative estimate of drug-likeness (QED) is 0.823. The average molecular weight is 388 g/mol. The number of alkyl carbamates (subject to hydrolysis) is 1. The van der Waals surface area contributed by atoms with E-state index in [1.165, 1.54) is 0 Å². The van der Waals surface area contributed by atoms with Crippen molar-refractivity contribution in [3.05, 3.63) is 22.2 Å². The third kappa shape index (κ3) is 4.75. The van der Waals surface area contributed by atoms with E-state index in [9.17, 15) is 9.59 Å². The minimum Gasteiger partial charge on any atom is -0.481 e. The van der Waals surface area contributed by atoms with Gasteiger partial charge in [0.2, 0.25) is 6.79 Å². The Hall–Kier alpha value is -1.96. The molecule has 0 bridgehead atoms. The third-order valence-corrected chi connectivity index (χ3v) is 3.62. The fraction of sp³-hybridized carbons (Fsp3) is 0.467. The van der Waals surface area contributed by atoms with Crippen molar-refractivity contribution in [3.63, 3.8) is 0 Å². The first-order valence-electron chi connectivity index (χ1n) is 6.96. The van der Waals surface area contributed by atoms with Gasteiger partial charge in [-0.3, -0.25) is 4.79 Å². The summed E-state index contributed by atoms with van der Waals surface area (Å²) in [5.41, 5.74) is -0.105. The highest BCUT2D eigenvalue weighted by Gasteiger charge is 2.26. The van der Waals surface area contributed by atoms with Crippen LogP contribution in [0.2, 0.25) is 0 Å². The second kappa shape index (κ2) is 6.66. The van der Waals surface area contributed by atoms with E-state index >= 15 is 0 Å². The summed E-state index contributed by atoms with van der Waals surface area (Å²) in [5, 5.41) is 11.7. The second-order valence-corrected chi connectivity index (χ2v) is 6.88. The van der Waals surface area contributed by atoms with Crippen LogP contribution >= 0.6 is 15.9 Å². The van der Waals surface area contributed by atoms with E-state index in [0.717, 1.165) is 0 Å². The first-order valence-corrected chi connectivity index (χ1v) is 7.75. The molecule has 126 valence electrons. The van der Waals surface area contributed by atoms with Gasteiger partial charge in [0.25, 0.3) is 0 Å². The van der Waals surface area contributed by atoms with Crippen LogP contribution in [0, 0.1) is 0 Å². The second-order valence-electron chi connectivity index (χ2n) is 6.02. The first kappa shape index (κ1) is 17.4. The van der Waals surface area contributed by atoms with Crippen LogP contribution in [0.1, 0.15) is 38.8 Å². The number of carbonyl (C=O) groups excluding carboxylic acids is 1. The van der Waals surface area contributed by atoms with Crippen molar-refractivity contribution < 1.29 is 28.9 Å². The lowest BCUT2D eigenvalue weighted by atomic mass is 10.0. The number of carboxylic acid groups (broad SMARTS) is 1. The molecule has 7 nitrogen and oxygen atoms in total. The van der Waals surface area contributed by atoms with E-state index in [-0.39, 0.29) is 13.2 Å². The van der Waals surface area contributed by atoms with E-state index in [0.29, 0.717) is 21.5 Å². The molecule has 0 saturated heterocycles. The number of ether oxygens (including phenoxy) is 3. The van der Waals surface area contributed by atoms with Crippen LogP contribution in [0.3, 0.4) is 0 Å². The summed E-state index contributed by atoms with van der Waals surface area (Å²) in [6.07, 6.45) is -0.981. The van der Waals surface area contributed by atoms with Crippen LogP contribution in [0.15, 0.2) is 16.6 Å². The number of amides is 1. The van der Waals surface area contributed by atoms with Crippen LogP contribution in [0.4, 0.5) is 4.79 Å². The molecule has 1 aromatic rings. The van der Waals surface area contributed by atoms with Crippen LogP contribution in [0.25, 0.3) is 0 Å². The van der Waals surface area contributed by atoms with Gasteiger partial charge in [0, 0.05) is 4.47 Å². The molecule has 0 radical (unpaired) electrons. The molecule has 8 heteroatoms. The van der Waals surface area contributed by atoms with E-state index < -0.39 is 23.7 Å². The highest BCUT2D eigenvalue weighted by Crippen LogP contribution is 2.39. The molecule has 1 aliphatic heterocycles. The van der Waals surface area contributed by atoms with Crippen LogP contribution in [-0.4, -0.2) is 29.6 Å². The van der Waals surface area contributed by atoms with Crippen LogP contribution < -0.4 is 14.8 Å². The predicted octanol–water partition coefficient (Wildman–Crippen LogP) is 3.22. The fourth-order valence-corrected chi connectivity index (χ4v) is 2.66. The molecule has 2 rings (SSSR count). The number of hydrogen-bond donors (Lipinski definition) is 2. The fourth-order valence-electron chi connectivity index (χ4n) is 2.06. The lowest BCUT2D eigenvalue weighted by Gasteiger charge is -2.24. The van der Waals surface area contributed by atoms with Gasteiger partial charge in [0.05, 0.1) is 12.5 Å². The molecule has 0 aromatic heterocycles. The Balaban J connectivity index is 2.25. The zero-order valence-corrected chi connectivity index (χ0v) is 14.6. The smallest absolute Gasteiger partial charge is 0.408 e. The summed E-state index contributed by atoms with van der Waals surface area (Å²) < 4.78 is 16.4. The monoisotopic (exact) mass is 387 g/mol. The number of benzene rings is 1. The highest BCUT2D eigenvalue weighted by molar-refractivity contribution is 9.10. The minimum atomic E-state index is -1.05. The van der Waals surface area contributed by atoms with Gasteiger partial charge in [-0.1, -0.05) is 15.9 Å². The summed E-state index contributed by atoms with van der Waals surface area (Å²) in [6.45, 7) is 5.30. The van der Waals surface area contributed by atoms with E-state index in [1.54, 1.807) is 32.9 Å². The largest absolute Gasteiger partial charge is 0.481 e. The summed E-state index contributed by atoms with van der Waals surface area (Å²) in [4.78, 5) is 23.1.